The number of amides is 1. The van der Waals surface area contributed by atoms with Crippen LogP contribution in [-0.4, -0.2) is 41.3 Å². The van der Waals surface area contributed by atoms with Crippen molar-refractivity contribution in [2.75, 3.05) is 6.54 Å². The van der Waals surface area contributed by atoms with E-state index in [1.54, 1.807) is 0 Å². The molecule has 0 bridgehead atoms. The van der Waals surface area contributed by atoms with Crippen molar-refractivity contribution in [3.05, 3.63) is 63.2 Å². The van der Waals surface area contributed by atoms with Gasteiger partial charge in [0.25, 0.3) is 11.7 Å². The Labute approximate surface area is 203 Å². The van der Waals surface area contributed by atoms with Crippen LogP contribution in [-0.2, 0) is 4.79 Å². The quantitative estimate of drug-likeness (QED) is 0.175. The maximum absolute atomic E-state index is 12.9. The van der Waals surface area contributed by atoms with Crippen LogP contribution in [0.4, 0.5) is 0 Å². The van der Waals surface area contributed by atoms with Crippen LogP contribution in [0.1, 0.15) is 50.4 Å². The van der Waals surface area contributed by atoms with Crippen LogP contribution in [0, 0.1) is 9.49 Å². The number of ketones is 1. The van der Waals surface area contributed by atoms with Crippen molar-refractivity contribution in [1.29, 1.82) is 0 Å². The zero-order chi connectivity index (χ0) is 23.5. The molecule has 0 aliphatic rings. The molecule has 0 saturated heterocycles. The van der Waals surface area contributed by atoms with Crippen LogP contribution < -0.4 is 10.6 Å². The van der Waals surface area contributed by atoms with Gasteiger partial charge in [-0.15, -0.1) is 0 Å². The van der Waals surface area contributed by atoms with Gasteiger partial charge in [0.15, 0.2) is 0 Å². The summed E-state index contributed by atoms with van der Waals surface area (Å²) < 4.78 is 1.18. The SMILES string of the molecule is CCCC(NC[C@H](CC(C)C)NC(=O)c1ccc(-c2ccc([125I])cc2)cc1)C(=O)C=[N+]=[N-]. The van der Waals surface area contributed by atoms with E-state index in [9.17, 15) is 9.59 Å². The molecule has 0 spiro atoms. The van der Waals surface area contributed by atoms with Crippen LogP contribution in [0.15, 0.2) is 48.5 Å². The lowest BCUT2D eigenvalue weighted by atomic mass is 10.0. The fourth-order valence-electron chi connectivity index (χ4n) is 3.55. The highest BCUT2D eigenvalue weighted by atomic mass is 125. The minimum atomic E-state index is -0.435. The molecule has 6 nitrogen and oxygen atoms in total. The van der Waals surface area contributed by atoms with Gasteiger partial charge < -0.3 is 16.2 Å². The van der Waals surface area contributed by atoms with Crippen molar-refractivity contribution in [2.24, 2.45) is 5.92 Å². The van der Waals surface area contributed by atoms with Crippen LogP contribution >= 0.6 is 22.6 Å². The third-order valence-corrected chi connectivity index (χ3v) is 5.85. The predicted molar refractivity (Wildman–Crippen MR) is 137 cm³/mol. The molecule has 0 fully saturated rings. The second kappa shape index (κ2) is 13.3. The summed E-state index contributed by atoms with van der Waals surface area (Å²) in [6, 6.07) is 15.3. The molecule has 1 amide bonds. The maximum Gasteiger partial charge on any atom is 0.324 e. The van der Waals surface area contributed by atoms with E-state index in [4.69, 9.17) is 5.53 Å². The second-order valence-corrected chi connectivity index (χ2v) is 9.53. The fraction of sp³-hybridized carbons (Fsp3) is 0.400. The molecule has 7 heteroatoms. The molecule has 2 N–H and O–H groups in total. The van der Waals surface area contributed by atoms with Gasteiger partial charge in [-0.2, -0.15) is 4.79 Å². The summed E-state index contributed by atoms with van der Waals surface area (Å²) in [6.45, 7) is 6.65. The largest absolute Gasteiger partial charge is 0.361 e. The number of nitrogens with zero attached hydrogens (tertiary/aromatic N) is 2. The Morgan fingerprint density at radius 2 is 1.66 bits per heavy atom. The Kier molecular flexibility index (Phi) is 10.7. The van der Waals surface area contributed by atoms with E-state index in [1.807, 2.05) is 31.2 Å². The number of halogens is 1. The van der Waals surface area contributed by atoms with E-state index in [-0.39, 0.29) is 17.7 Å². The number of hydrogen-bond donors (Lipinski definition) is 2. The first-order valence-electron chi connectivity index (χ1n) is 11.0. The molecule has 0 aliphatic heterocycles. The molecule has 2 rings (SSSR count). The highest BCUT2D eigenvalue weighted by molar-refractivity contribution is 14.1. The van der Waals surface area contributed by atoms with Gasteiger partial charge in [-0.05, 0) is 76.7 Å². The first kappa shape index (κ1) is 25.9. The molecule has 0 aromatic heterocycles. The normalized spacial score (nSPS) is 12.7. The van der Waals surface area contributed by atoms with Gasteiger partial charge in [0.05, 0.1) is 6.04 Å². The zero-order valence-electron chi connectivity index (χ0n) is 18.8. The Morgan fingerprint density at radius 1 is 1.06 bits per heavy atom. The summed E-state index contributed by atoms with van der Waals surface area (Å²) in [4.78, 5) is 27.8. The molecule has 2 atom stereocenters. The second-order valence-electron chi connectivity index (χ2n) is 8.28. The smallest absolute Gasteiger partial charge is 0.324 e. The van der Waals surface area contributed by atoms with Crippen molar-refractivity contribution >= 4 is 40.5 Å². The average Bonchev–Trinajstić information content (AvgIpc) is 2.76. The van der Waals surface area contributed by atoms with E-state index < -0.39 is 6.04 Å². The number of hydrogen-bond acceptors (Lipinski definition) is 3. The lowest BCUT2D eigenvalue weighted by Gasteiger charge is -2.23. The van der Waals surface area contributed by atoms with Crippen LogP contribution in [0.2, 0.25) is 0 Å². The van der Waals surface area contributed by atoms with Crippen LogP contribution in [0.3, 0.4) is 0 Å². The van der Waals surface area contributed by atoms with Crippen molar-refractivity contribution in [2.45, 2.75) is 52.1 Å². The molecule has 0 heterocycles. The van der Waals surface area contributed by atoms with Gasteiger partial charge in [0.2, 0.25) is 0 Å². The van der Waals surface area contributed by atoms with Crippen molar-refractivity contribution in [3.8, 4) is 11.1 Å². The van der Waals surface area contributed by atoms with Gasteiger partial charge in [0, 0.05) is 21.7 Å². The summed E-state index contributed by atoms with van der Waals surface area (Å²) in [7, 11) is 0. The standard InChI is InChI=1S/C25H31IN4O2/c1-4-5-23(24(31)16-29-27)28-15-22(14-17(2)3)30-25(32)20-8-6-18(7-9-20)19-10-12-21(26)13-11-19/h6-13,16-17,22-23,28H,4-5,14-15H2,1-3H3,(H,30,32)/t22-,23?/m0/s1/i26-2. The molecular weight excluding hydrogens is 513 g/mol. The lowest BCUT2D eigenvalue weighted by Crippen LogP contribution is -2.48. The molecule has 0 saturated carbocycles. The minimum absolute atomic E-state index is 0.128. The maximum atomic E-state index is 12.9. The fourth-order valence-corrected chi connectivity index (χ4v) is 3.91. The first-order valence-corrected chi connectivity index (χ1v) is 12.0. The van der Waals surface area contributed by atoms with E-state index >= 15 is 0 Å². The Hall–Kier alpha value is -2.35. The highest BCUT2D eigenvalue weighted by Crippen LogP contribution is 2.21. The lowest BCUT2D eigenvalue weighted by molar-refractivity contribution is -0.118. The molecular formula is C25H31IN4O2. The molecule has 1 unspecified atom stereocenters. The Balaban J connectivity index is 2.05. The average molecular weight is 544 g/mol. The summed E-state index contributed by atoms with van der Waals surface area (Å²) in [5, 5.41) is 6.34. The van der Waals surface area contributed by atoms with Crippen molar-refractivity contribution < 1.29 is 14.4 Å². The zero-order valence-corrected chi connectivity index (χ0v) is 21.0. The molecule has 2 aromatic rings. The Bertz CT molecular complexity index is 935. The van der Waals surface area contributed by atoms with Gasteiger partial charge in [-0.25, -0.2) is 0 Å². The van der Waals surface area contributed by atoms with Crippen molar-refractivity contribution in [1.82, 2.24) is 10.6 Å². The van der Waals surface area contributed by atoms with E-state index in [2.05, 4.69) is 76.1 Å². The number of rotatable bonds is 12. The van der Waals surface area contributed by atoms with Crippen molar-refractivity contribution in [3.63, 3.8) is 0 Å². The molecule has 2 aromatic carbocycles. The number of carbonyl (C=O) groups excluding carboxylic acids is 2. The summed E-state index contributed by atoms with van der Waals surface area (Å²) in [6.07, 6.45) is 3.16. The summed E-state index contributed by atoms with van der Waals surface area (Å²) in [5.74, 6) is -0.0262. The van der Waals surface area contributed by atoms with Gasteiger partial charge in [-0.3, -0.25) is 9.59 Å². The third-order valence-electron chi connectivity index (χ3n) is 5.13. The number of carbonyl (C=O) groups is 2. The number of Topliss-reactive ketones (excluding diaryl/α,β-unsaturated/α-hetero) is 1. The minimum Gasteiger partial charge on any atom is -0.361 e. The molecule has 32 heavy (non-hydrogen) atoms. The summed E-state index contributed by atoms with van der Waals surface area (Å²) in [5.41, 5.74) is 11.4. The van der Waals surface area contributed by atoms with E-state index in [0.717, 1.165) is 30.2 Å². The first-order chi connectivity index (χ1) is 15.3. The summed E-state index contributed by atoms with van der Waals surface area (Å²) >= 11 is 2.28. The topological polar surface area (TPSA) is 94.6 Å². The monoisotopic (exact) mass is 544 g/mol. The molecule has 170 valence electrons. The number of benzene rings is 2. The van der Waals surface area contributed by atoms with Gasteiger partial charge in [-0.1, -0.05) is 51.5 Å². The van der Waals surface area contributed by atoms with Crippen LogP contribution in [0.5, 0.6) is 0 Å². The van der Waals surface area contributed by atoms with E-state index in [0.29, 0.717) is 24.4 Å². The molecule has 0 radical (unpaired) electrons. The predicted octanol–water partition coefficient (Wildman–Crippen LogP) is 4.73. The van der Waals surface area contributed by atoms with Crippen LogP contribution in [0.25, 0.3) is 16.7 Å². The highest BCUT2D eigenvalue weighted by Gasteiger charge is 2.22. The molecule has 0 aliphatic carbocycles. The Morgan fingerprint density at radius 3 is 2.19 bits per heavy atom. The van der Waals surface area contributed by atoms with Gasteiger partial charge in [0.1, 0.15) is 0 Å². The van der Waals surface area contributed by atoms with E-state index in [1.165, 1.54) is 3.57 Å². The number of nitrogens with one attached hydrogen (secondary N) is 2. The third kappa shape index (κ3) is 8.30. The van der Waals surface area contributed by atoms with Gasteiger partial charge >= 0.3 is 6.21 Å².